The SMILES string of the molecule is Cc1ncnc2c1c(C1=CCC(C)N(C(=O)OC(C)(C)C)C1)cn2S(=O)(=O)Cc1ccccc1. The normalized spacial score (nSPS) is 17.0. The van der Waals surface area contributed by atoms with Gasteiger partial charge in [-0.25, -0.2) is 27.2 Å². The van der Waals surface area contributed by atoms with Crippen molar-refractivity contribution < 1.29 is 17.9 Å². The van der Waals surface area contributed by atoms with Crippen molar-refractivity contribution in [2.75, 3.05) is 6.54 Å². The molecule has 0 N–H and O–H groups in total. The number of rotatable bonds is 4. The summed E-state index contributed by atoms with van der Waals surface area (Å²) in [7, 11) is -3.75. The number of amides is 1. The lowest BCUT2D eigenvalue weighted by molar-refractivity contribution is 0.0201. The van der Waals surface area contributed by atoms with Crippen LogP contribution >= 0.6 is 0 Å². The van der Waals surface area contributed by atoms with E-state index >= 15 is 0 Å². The lowest BCUT2D eigenvalue weighted by Gasteiger charge is -2.34. The van der Waals surface area contributed by atoms with E-state index in [0.717, 1.165) is 5.57 Å². The molecule has 1 aliphatic heterocycles. The second-order valence-electron chi connectivity index (χ2n) is 9.66. The van der Waals surface area contributed by atoms with Gasteiger partial charge in [-0.2, -0.15) is 0 Å². The zero-order chi connectivity index (χ0) is 24.7. The summed E-state index contributed by atoms with van der Waals surface area (Å²) >= 11 is 0. The van der Waals surface area contributed by atoms with Crippen LogP contribution in [-0.2, 0) is 20.5 Å². The highest BCUT2D eigenvalue weighted by Gasteiger charge is 2.31. The number of aromatic nitrogens is 3. The lowest BCUT2D eigenvalue weighted by atomic mass is 9.97. The van der Waals surface area contributed by atoms with Crippen molar-refractivity contribution in [2.45, 2.75) is 58.4 Å². The minimum absolute atomic E-state index is 0.0360. The molecule has 0 fully saturated rings. The van der Waals surface area contributed by atoms with Crippen LogP contribution in [0.1, 0.15) is 50.9 Å². The van der Waals surface area contributed by atoms with Gasteiger partial charge < -0.3 is 9.64 Å². The molecular formula is C25H30N4O4S. The molecule has 4 rings (SSSR count). The maximum absolute atomic E-state index is 13.4. The summed E-state index contributed by atoms with van der Waals surface area (Å²) in [4.78, 5) is 23.2. The van der Waals surface area contributed by atoms with E-state index in [0.29, 0.717) is 40.8 Å². The summed E-state index contributed by atoms with van der Waals surface area (Å²) in [6, 6.07) is 9.02. The Morgan fingerprint density at radius 2 is 1.88 bits per heavy atom. The maximum atomic E-state index is 13.4. The van der Waals surface area contributed by atoms with Crippen LogP contribution in [0.4, 0.5) is 4.79 Å². The third-order valence-electron chi connectivity index (χ3n) is 5.78. The smallest absolute Gasteiger partial charge is 0.410 e. The largest absolute Gasteiger partial charge is 0.444 e. The zero-order valence-electron chi connectivity index (χ0n) is 20.1. The van der Waals surface area contributed by atoms with E-state index in [1.807, 2.05) is 52.8 Å². The first-order chi connectivity index (χ1) is 16.0. The molecule has 9 heteroatoms. The van der Waals surface area contributed by atoms with Crippen LogP contribution in [0, 0.1) is 6.92 Å². The lowest BCUT2D eigenvalue weighted by Crippen LogP contribution is -2.44. The Kier molecular flexibility index (Phi) is 6.24. The zero-order valence-corrected chi connectivity index (χ0v) is 21.0. The monoisotopic (exact) mass is 482 g/mol. The molecule has 180 valence electrons. The molecule has 1 atom stereocenters. The van der Waals surface area contributed by atoms with E-state index < -0.39 is 15.6 Å². The van der Waals surface area contributed by atoms with E-state index in [-0.39, 0.29) is 17.9 Å². The molecule has 0 saturated heterocycles. The fourth-order valence-electron chi connectivity index (χ4n) is 4.10. The summed E-state index contributed by atoms with van der Waals surface area (Å²) in [6.07, 6.45) is 5.28. The van der Waals surface area contributed by atoms with Crippen LogP contribution in [-0.4, -0.2) is 51.5 Å². The van der Waals surface area contributed by atoms with Crippen LogP contribution < -0.4 is 0 Å². The number of ether oxygens (including phenoxy) is 1. The van der Waals surface area contributed by atoms with Gasteiger partial charge >= 0.3 is 6.09 Å². The maximum Gasteiger partial charge on any atom is 0.410 e. The van der Waals surface area contributed by atoms with E-state index in [1.165, 1.54) is 10.3 Å². The molecule has 3 aromatic rings. The minimum atomic E-state index is -3.75. The first-order valence-electron chi connectivity index (χ1n) is 11.2. The number of hydrogen-bond donors (Lipinski definition) is 0. The first-order valence-corrected chi connectivity index (χ1v) is 12.9. The molecule has 1 aliphatic rings. The van der Waals surface area contributed by atoms with Gasteiger partial charge in [-0.1, -0.05) is 36.4 Å². The van der Waals surface area contributed by atoms with E-state index in [1.54, 1.807) is 23.2 Å². The summed E-state index contributed by atoms with van der Waals surface area (Å²) in [5, 5.41) is 0.670. The van der Waals surface area contributed by atoms with Gasteiger partial charge in [0.05, 0.1) is 11.4 Å². The second-order valence-corrected chi connectivity index (χ2v) is 11.5. The standard InChI is InChI=1S/C25H30N4O4S/c1-17-11-12-20(13-28(17)24(30)33-25(3,4)5)21-14-29(23-22(21)18(2)26-16-27-23)34(31,32)15-19-9-7-6-8-10-19/h6-10,12,14,16-17H,11,13,15H2,1-5H3. The van der Waals surface area contributed by atoms with Crippen molar-refractivity contribution in [3.8, 4) is 0 Å². The molecule has 0 saturated carbocycles. The van der Waals surface area contributed by atoms with E-state index in [2.05, 4.69) is 16.0 Å². The van der Waals surface area contributed by atoms with Crippen molar-refractivity contribution in [1.82, 2.24) is 18.8 Å². The van der Waals surface area contributed by atoms with Gasteiger partial charge in [0, 0.05) is 29.7 Å². The van der Waals surface area contributed by atoms with Crippen LogP contribution in [0.15, 0.2) is 48.9 Å². The molecule has 1 aromatic carbocycles. The molecule has 34 heavy (non-hydrogen) atoms. The predicted molar refractivity (Wildman–Crippen MR) is 132 cm³/mol. The average molecular weight is 483 g/mol. The predicted octanol–water partition coefficient (Wildman–Crippen LogP) is 4.53. The molecule has 8 nitrogen and oxygen atoms in total. The van der Waals surface area contributed by atoms with Gasteiger partial charge in [-0.3, -0.25) is 0 Å². The first kappa shape index (κ1) is 23.9. The Morgan fingerprint density at radius 1 is 1.18 bits per heavy atom. The van der Waals surface area contributed by atoms with Gasteiger partial charge in [-0.05, 0) is 52.2 Å². The molecule has 2 aromatic heterocycles. The topological polar surface area (TPSA) is 94.4 Å². The molecule has 0 aliphatic carbocycles. The van der Waals surface area contributed by atoms with Crippen molar-refractivity contribution in [3.63, 3.8) is 0 Å². The summed E-state index contributed by atoms with van der Waals surface area (Å²) < 4.78 is 33.7. The van der Waals surface area contributed by atoms with E-state index in [4.69, 9.17) is 4.74 Å². The molecule has 0 radical (unpaired) electrons. The van der Waals surface area contributed by atoms with Gasteiger partial charge in [0.25, 0.3) is 0 Å². The van der Waals surface area contributed by atoms with Gasteiger partial charge in [0.2, 0.25) is 10.0 Å². The third kappa shape index (κ3) is 4.84. The quantitative estimate of drug-likeness (QED) is 0.542. The van der Waals surface area contributed by atoms with Gasteiger partial charge in [0.1, 0.15) is 11.9 Å². The number of fused-ring (bicyclic) bond motifs is 1. The molecule has 1 amide bonds. The average Bonchev–Trinajstić information content (AvgIpc) is 3.15. The highest BCUT2D eigenvalue weighted by atomic mass is 32.2. The van der Waals surface area contributed by atoms with Gasteiger partial charge in [0.15, 0.2) is 5.65 Å². The molecule has 3 heterocycles. The van der Waals surface area contributed by atoms with Crippen LogP contribution in [0.5, 0.6) is 0 Å². The Hall–Kier alpha value is -3.20. The molecule has 0 bridgehead atoms. The van der Waals surface area contributed by atoms with Crippen molar-refractivity contribution in [3.05, 3.63) is 65.8 Å². The molecule has 1 unspecified atom stereocenters. The fraction of sp³-hybridized carbons (Fsp3) is 0.400. The number of carbonyl (C=O) groups excluding carboxylic acids is 1. The number of carbonyl (C=O) groups is 1. The highest BCUT2D eigenvalue weighted by molar-refractivity contribution is 7.89. The van der Waals surface area contributed by atoms with Crippen LogP contribution in [0.25, 0.3) is 16.6 Å². The fourth-order valence-corrected chi connectivity index (χ4v) is 5.52. The van der Waals surface area contributed by atoms with E-state index in [9.17, 15) is 13.2 Å². The Morgan fingerprint density at radius 3 is 2.56 bits per heavy atom. The second kappa shape index (κ2) is 8.87. The van der Waals surface area contributed by atoms with Crippen molar-refractivity contribution in [2.24, 2.45) is 0 Å². The number of nitrogens with zero attached hydrogens (tertiary/aromatic N) is 4. The summed E-state index contributed by atoms with van der Waals surface area (Å²) in [6.45, 7) is 9.62. The van der Waals surface area contributed by atoms with Crippen LogP contribution in [0.2, 0.25) is 0 Å². The third-order valence-corrected chi connectivity index (χ3v) is 7.36. The Bertz CT molecular complexity index is 1350. The van der Waals surface area contributed by atoms with Crippen molar-refractivity contribution >= 4 is 32.7 Å². The Balaban J connectivity index is 1.76. The number of aryl methyl sites for hydroxylation is 1. The van der Waals surface area contributed by atoms with Crippen LogP contribution in [0.3, 0.4) is 0 Å². The number of benzene rings is 1. The minimum Gasteiger partial charge on any atom is -0.444 e. The highest BCUT2D eigenvalue weighted by Crippen LogP contribution is 2.33. The summed E-state index contributed by atoms with van der Waals surface area (Å²) in [5.74, 6) is -0.153. The molecule has 0 spiro atoms. The Labute approximate surface area is 200 Å². The summed E-state index contributed by atoms with van der Waals surface area (Å²) in [5.41, 5.74) is 2.66. The van der Waals surface area contributed by atoms with Crippen molar-refractivity contribution in [1.29, 1.82) is 0 Å². The number of hydrogen-bond acceptors (Lipinski definition) is 6. The van der Waals surface area contributed by atoms with Gasteiger partial charge in [-0.15, -0.1) is 0 Å². The molecular weight excluding hydrogens is 452 g/mol.